The number of halogens is 2. The zero-order valence-corrected chi connectivity index (χ0v) is 10.6. The largest absolute Gasteiger partial charge is 0.330 e. The number of benzene rings is 1. The first-order valence-electron chi connectivity index (χ1n) is 5.04. The van der Waals surface area contributed by atoms with E-state index in [1.807, 2.05) is 0 Å². The zero-order chi connectivity index (χ0) is 12.6. The number of imide groups is 1. The maximum atomic E-state index is 11.9. The lowest BCUT2D eigenvalue weighted by atomic mass is 10.2. The number of carbonyl (C=O) groups is 2. The third-order valence-corrected chi connectivity index (χ3v) is 3.40. The highest BCUT2D eigenvalue weighted by molar-refractivity contribution is 6.42. The molecule has 0 unspecified atom stereocenters. The van der Waals surface area contributed by atoms with Crippen molar-refractivity contribution in [3.8, 4) is 0 Å². The van der Waals surface area contributed by atoms with Crippen LogP contribution in [0, 0.1) is 0 Å². The monoisotopic (exact) mass is 272 g/mol. The van der Waals surface area contributed by atoms with E-state index in [0.29, 0.717) is 28.7 Å². The second kappa shape index (κ2) is 4.55. The molecule has 0 aliphatic carbocycles. The summed E-state index contributed by atoms with van der Waals surface area (Å²) >= 11 is 11.7. The van der Waals surface area contributed by atoms with Gasteiger partial charge in [-0.2, -0.15) is 0 Å². The van der Waals surface area contributed by atoms with Gasteiger partial charge in [-0.25, -0.2) is 4.79 Å². The SMILES string of the molecule is CN1C(=O)CCN(c2ccc(Cl)c(Cl)c2)C1=O. The first-order chi connectivity index (χ1) is 8.00. The fourth-order valence-electron chi connectivity index (χ4n) is 1.65. The number of nitrogens with zero attached hydrogens (tertiary/aromatic N) is 2. The maximum absolute atomic E-state index is 11.9. The summed E-state index contributed by atoms with van der Waals surface area (Å²) in [4.78, 5) is 25.8. The number of hydrogen-bond donors (Lipinski definition) is 0. The Balaban J connectivity index is 2.31. The summed E-state index contributed by atoms with van der Waals surface area (Å²) in [6.07, 6.45) is 0.308. The minimum absolute atomic E-state index is 0.175. The van der Waals surface area contributed by atoms with Crippen molar-refractivity contribution >= 4 is 40.8 Å². The Morgan fingerprint density at radius 2 is 1.88 bits per heavy atom. The summed E-state index contributed by atoms with van der Waals surface area (Å²) in [5, 5.41) is 0.820. The molecule has 0 spiro atoms. The molecular weight excluding hydrogens is 263 g/mol. The summed E-state index contributed by atoms with van der Waals surface area (Å²) in [5.41, 5.74) is 0.642. The highest BCUT2D eigenvalue weighted by Crippen LogP contribution is 2.28. The van der Waals surface area contributed by atoms with Crippen molar-refractivity contribution in [2.24, 2.45) is 0 Å². The summed E-state index contributed by atoms with van der Waals surface area (Å²) in [6, 6.07) is 4.60. The first-order valence-corrected chi connectivity index (χ1v) is 5.79. The van der Waals surface area contributed by atoms with Gasteiger partial charge in [-0.1, -0.05) is 23.2 Å². The van der Waals surface area contributed by atoms with E-state index in [2.05, 4.69) is 0 Å². The van der Waals surface area contributed by atoms with Crippen molar-refractivity contribution < 1.29 is 9.59 Å². The van der Waals surface area contributed by atoms with E-state index in [-0.39, 0.29) is 11.9 Å². The number of carbonyl (C=O) groups excluding carboxylic acids is 2. The van der Waals surface area contributed by atoms with Gasteiger partial charge in [-0.3, -0.25) is 14.6 Å². The minimum atomic E-state index is -0.348. The number of anilines is 1. The van der Waals surface area contributed by atoms with Gasteiger partial charge >= 0.3 is 6.03 Å². The topological polar surface area (TPSA) is 40.6 Å². The molecule has 1 aromatic rings. The van der Waals surface area contributed by atoms with Gasteiger partial charge in [0.1, 0.15) is 0 Å². The van der Waals surface area contributed by atoms with Crippen LogP contribution in [0.25, 0.3) is 0 Å². The lowest BCUT2D eigenvalue weighted by Crippen LogP contribution is -2.50. The number of amides is 3. The van der Waals surface area contributed by atoms with Gasteiger partial charge in [-0.05, 0) is 18.2 Å². The second-order valence-electron chi connectivity index (χ2n) is 3.74. The summed E-state index contributed by atoms with van der Waals surface area (Å²) < 4.78 is 0. The van der Waals surface area contributed by atoms with Crippen LogP contribution in [-0.4, -0.2) is 30.4 Å². The van der Waals surface area contributed by atoms with E-state index in [1.54, 1.807) is 18.2 Å². The van der Waals surface area contributed by atoms with Crippen molar-refractivity contribution in [3.05, 3.63) is 28.2 Å². The maximum Gasteiger partial charge on any atom is 0.330 e. The molecule has 0 radical (unpaired) electrons. The standard InChI is InChI=1S/C11H10Cl2N2O2/c1-14-10(16)4-5-15(11(14)17)7-2-3-8(12)9(13)6-7/h2-3,6H,4-5H2,1H3. The molecule has 1 aliphatic rings. The van der Waals surface area contributed by atoms with Gasteiger partial charge in [0.15, 0.2) is 0 Å². The average Bonchev–Trinajstić information content (AvgIpc) is 2.30. The van der Waals surface area contributed by atoms with Crippen LogP contribution in [0.5, 0.6) is 0 Å². The van der Waals surface area contributed by atoms with Gasteiger partial charge in [-0.15, -0.1) is 0 Å². The highest BCUT2D eigenvalue weighted by Gasteiger charge is 2.29. The van der Waals surface area contributed by atoms with E-state index in [1.165, 1.54) is 11.9 Å². The Kier molecular flexibility index (Phi) is 3.26. The van der Waals surface area contributed by atoms with E-state index in [4.69, 9.17) is 23.2 Å². The predicted molar refractivity (Wildman–Crippen MR) is 66.6 cm³/mol. The normalized spacial score (nSPS) is 16.6. The summed E-state index contributed by atoms with van der Waals surface area (Å²) in [7, 11) is 1.47. The van der Waals surface area contributed by atoms with Crippen LogP contribution in [0.15, 0.2) is 18.2 Å². The summed E-state index contributed by atoms with van der Waals surface area (Å²) in [6.45, 7) is 0.361. The molecule has 6 heteroatoms. The third kappa shape index (κ3) is 2.23. The predicted octanol–water partition coefficient (Wildman–Crippen LogP) is 2.78. The van der Waals surface area contributed by atoms with Crippen molar-refractivity contribution in [1.82, 2.24) is 4.90 Å². The average molecular weight is 273 g/mol. The molecule has 0 aromatic heterocycles. The highest BCUT2D eigenvalue weighted by atomic mass is 35.5. The molecule has 1 aliphatic heterocycles. The van der Waals surface area contributed by atoms with Crippen LogP contribution in [0.1, 0.15) is 6.42 Å². The van der Waals surface area contributed by atoms with Crippen LogP contribution < -0.4 is 4.90 Å². The lowest BCUT2D eigenvalue weighted by molar-refractivity contribution is -0.127. The lowest BCUT2D eigenvalue weighted by Gasteiger charge is -2.32. The van der Waals surface area contributed by atoms with E-state index >= 15 is 0 Å². The molecule has 1 heterocycles. The molecule has 3 amide bonds. The van der Waals surface area contributed by atoms with Gasteiger partial charge in [0.2, 0.25) is 5.91 Å². The Bertz CT molecular complexity index is 490. The van der Waals surface area contributed by atoms with E-state index in [0.717, 1.165) is 4.90 Å². The molecule has 1 saturated heterocycles. The van der Waals surface area contributed by atoms with Crippen molar-refractivity contribution in [3.63, 3.8) is 0 Å². The molecule has 90 valence electrons. The van der Waals surface area contributed by atoms with Gasteiger partial charge < -0.3 is 0 Å². The quantitative estimate of drug-likeness (QED) is 0.789. The molecule has 0 saturated carbocycles. The fraction of sp³-hybridized carbons (Fsp3) is 0.273. The van der Waals surface area contributed by atoms with Crippen molar-refractivity contribution in [2.45, 2.75) is 6.42 Å². The Hall–Kier alpha value is -1.26. The van der Waals surface area contributed by atoms with Crippen LogP contribution >= 0.6 is 23.2 Å². The fourth-order valence-corrected chi connectivity index (χ4v) is 1.94. The second-order valence-corrected chi connectivity index (χ2v) is 4.55. The van der Waals surface area contributed by atoms with Crippen LogP contribution in [0.4, 0.5) is 10.5 Å². The Morgan fingerprint density at radius 1 is 1.18 bits per heavy atom. The smallest absolute Gasteiger partial charge is 0.293 e. The number of rotatable bonds is 1. The minimum Gasteiger partial charge on any atom is -0.293 e. The molecule has 0 atom stereocenters. The zero-order valence-electron chi connectivity index (χ0n) is 9.11. The van der Waals surface area contributed by atoms with Gasteiger partial charge in [0.25, 0.3) is 0 Å². The first kappa shape index (κ1) is 12.2. The molecule has 17 heavy (non-hydrogen) atoms. The molecule has 2 rings (SSSR count). The van der Waals surface area contributed by atoms with Crippen molar-refractivity contribution in [2.75, 3.05) is 18.5 Å². The van der Waals surface area contributed by atoms with E-state index < -0.39 is 0 Å². The number of urea groups is 1. The number of hydrogen-bond acceptors (Lipinski definition) is 2. The van der Waals surface area contributed by atoms with E-state index in [9.17, 15) is 9.59 Å². The third-order valence-electron chi connectivity index (χ3n) is 2.66. The Morgan fingerprint density at radius 3 is 2.53 bits per heavy atom. The molecule has 4 nitrogen and oxygen atoms in total. The summed E-state index contributed by atoms with van der Waals surface area (Å²) in [5.74, 6) is -0.175. The molecule has 0 N–H and O–H groups in total. The molecule has 0 bridgehead atoms. The van der Waals surface area contributed by atoms with Crippen molar-refractivity contribution in [1.29, 1.82) is 0 Å². The van der Waals surface area contributed by atoms with Crippen LogP contribution in [0.2, 0.25) is 10.0 Å². The van der Waals surface area contributed by atoms with Crippen LogP contribution in [-0.2, 0) is 4.79 Å². The Labute approximate surface area is 109 Å². The molecular formula is C11H10Cl2N2O2. The van der Waals surface area contributed by atoms with Gasteiger partial charge in [0.05, 0.1) is 10.0 Å². The van der Waals surface area contributed by atoms with Gasteiger partial charge in [0, 0.05) is 25.7 Å². The molecule has 1 fully saturated rings. The molecule has 1 aromatic carbocycles. The van der Waals surface area contributed by atoms with Crippen LogP contribution in [0.3, 0.4) is 0 Å².